The molecular weight excluding hydrogens is 302 g/mol. The monoisotopic (exact) mass is 333 g/mol. The van der Waals surface area contributed by atoms with Crippen LogP contribution in [0.4, 0.5) is 4.79 Å². The zero-order valence-corrected chi connectivity index (χ0v) is 14.9. The molecule has 2 amide bonds. The second-order valence-electron chi connectivity index (χ2n) is 7.17. The molecule has 1 aromatic carbocycles. The van der Waals surface area contributed by atoms with E-state index >= 15 is 0 Å². The number of hydrogen-bond acceptors (Lipinski definition) is 3. The lowest BCUT2D eigenvalue weighted by Crippen LogP contribution is -2.39. The van der Waals surface area contributed by atoms with Gasteiger partial charge in [-0.3, -0.25) is 0 Å². The van der Waals surface area contributed by atoms with Crippen molar-refractivity contribution in [2.24, 2.45) is 11.8 Å². The smallest absolute Gasteiger partial charge is 0.314 e. The van der Waals surface area contributed by atoms with Gasteiger partial charge in [0.05, 0.1) is 6.61 Å². The van der Waals surface area contributed by atoms with Crippen molar-refractivity contribution in [3.63, 3.8) is 0 Å². The summed E-state index contributed by atoms with van der Waals surface area (Å²) in [6.07, 6.45) is 1.97. The number of likely N-dealkylation sites (tertiary alicyclic amines) is 1. The summed E-state index contributed by atoms with van der Waals surface area (Å²) in [5, 5.41) is 14.9. The summed E-state index contributed by atoms with van der Waals surface area (Å²) in [5.41, 5.74) is 2.07. The van der Waals surface area contributed by atoms with E-state index in [2.05, 4.69) is 29.4 Å². The van der Waals surface area contributed by atoms with E-state index in [4.69, 9.17) is 5.11 Å². The summed E-state index contributed by atoms with van der Waals surface area (Å²) in [4.78, 5) is 14.4. The van der Waals surface area contributed by atoms with Gasteiger partial charge in [0.15, 0.2) is 0 Å². The first kappa shape index (κ1) is 18.7. The van der Waals surface area contributed by atoms with Crippen molar-refractivity contribution < 1.29 is 9.90 Å². The number of benzene rings is 1. The minimum absolute atomic E-state index is 0.0662. The fourth-order valence-electron chi connectivity index (χ4n) is 3.19. The standard InChI is InChI=1S/C19H31N3O2/c1-15(2)12-22-10-8-18(13-22)11-21-19(24)20-9-7-16-3-5-17(14-23)6-4-16/h3-6,15,18,23H,7-14H2,1-2H3,(H2,20,21,24). The summed E-state index contributed by atoms with van der Waals surface area (Å²) in [7, 11) is 0. The van der Waals surface area contributed by atoms with E-state index in [1.54, 1.807) is 0 Å². The number of nitrogens with one attached hydrogen (secondary N) is 2. The Balaban J connectivity index is 1.58. The van der Waals surface area contributed by atoms with Crippen LogP contribution in [0, 0.1) is 11.8 Å². The predicted octanol–water partition coefficient (Wildman–Crippen LogP) is 2.00. The fraction of sp³-hybridized carbons (Fsp3) is 0.632. The van der Waals surface area contributed by atoms with Crippen molar-refractivity contribution in [3.05, 3.63) is 35.4 Å². The van der Waals surface area contributed by atoms with Gasteiger partial charge >= 0.3 is 6.03 Å². The number of aliphatic hydroxyl groups excluding tert-OH is 1. The highest BCUT2D eigenvalue weighted by atomic mass is 16.3. The van der Waals surface area contributed by atoms with E-state index in [0.717, 1.165) is 43.7 Å². The number of carbonyl (C=O) groups is 1. The molecular formula is C19H31N3O2. The average Bonchev–Trinajstić information content (AvgIpc) is 3.00. The van der Waals surface area contributed by atoms with Gasteiger partial charge in [-0.2, -0.15) is 0 Å². The molecule has 24 heavy (non-hydrogen) atoms. The third-order valence-electron chi connectivity index (χ3n) is 4.45. The molecule has 1 atom stereocenters. The third-order valence-corrected chi connectivity index (χ3v) is 4.45. The van der Waals surface area contributed by atoms with E-state index in [0.29, 0.717) is 18.4 Å². The number of carbonyl (C=O) groups excluding carboxylic acids is 1. The van der Waals surface area contributed by atoms with Crippen molar-refractivity contribution >= 4 is 6.03 Å². The van der Waals surface area contributed by atoms with E-state index in [1.807, 2.05) is 24.3 Å². The number of nitrogens with zero attached hydrogens (tertiary/aromatic N) is 1. The maximum atomic E-state index is 11.9. The van der Waals surface area contributed by atoms with Gasteiger partial charge in [0.1, 0.15) is 0 Å². The van der Waals surface area contributed by atoms with Crippen molar-refractivity contribution in [2.45, 2.75) is 33.3 Å². The maximum Gasteiger partial charge on any atom is 0.314 e. The number of aliphatic hydroxyl groups is 1. The molecule has 1 heterocycles. The van der Waals surface area contributed by atoms with Crippen LogP contribution in [0.15, 0.2) is 24.3 Å². The van der Waals surface area contributed by atoms with Gasteiger partial charge in [-0.25, -0.2) is 4.79 Å². The first-order valence-corrected chi connectivity index (χ1v) is 8.99. The summed E-state index contributed by atoms with van der Waals surface area (Å²) >= 11 is 0. The molecule has 134 valence electrons. The lowest BCUT2D eigenvalue weighted by Gasteiger charge is -2.18. The Hall–Kier alpha value is -1.59. The Bertz CT molecular complexity index is 502. The van der Waals surface area contributed by atoms with Gasteiger partial charge in [-0.05, 0) is 42.3 Å². The van der Waals surface area contributed by atoms with Crippen LogP contribution >= 0.6 is 0 Å². The number of amides is 2. The molecule has 3 N–H and O–H groups in total. The van der Waals surface area contributed by atoms with Crippen molar-refractivity contribution in [3.8, 4) is 0 Å². The molecule has 0 aromatic heterocycles. The molecule has 0 spiro atoms. The summed E-state index contributed by atoms with van der Waals surface area (Å²) < 4.78 is 0. The van der Waals surface area contributed by atoms with Crippen LogP contribution in [-0.4, -0.2) is 48.8 Å². The van der Waals surface area contributed by atoms with Crippen LogP contribution in [0.5, 0.6) is 0 Å². The van der Waals surface area contributed by atoms with Gasteiger partial charge in [0.2, 0.25) is 0 Å². The van der Waals surface area contributed by atoms with Crippen LogP contribution in [0.2, 0.25) is 0 Å². The molecule has 0 radical (unpaired) electrons. The van der Waals surface area contributed by atoms with Gasteiger partial charge in [0, 0.05) is 26.2 Å². The van der Waals surface area contributed by atoms with Crippen LogP contribution in [-0.2, 0) is 13.0 Å². The molecule has 2 rings (SSSR count). The molecule has 0 aliphatic carbocycles. The summed E-state index contributed by atoms with van der Waals surface area (Å²) in [6.45, 7) is 9.33. The first-order valence-electron chi connectivity index (χ1n) is 8.99. The molecule has 1 aromatic rings. The molecule has 5 nitrogen and oxygen atoms in total. The van der Waals surface area contributed by atoms with Gasteiger partial charge in [-0.15, -0.1) is 0 Å². The topological polar surface area (TPSA) is 64.6 Å². The second kappa shape index (κ2) is 9.64. The Labute approximate surface area is 145 Å². The molecule has 0 saturated carbocycles. The number of hydrogen-bond donors (Lipinski definition) is 3. The number of rotatable bonds is 8. The Morgan fingerprint density at radius 2 is 1.96 bits per heavy atom. The zero-order valence-electron chi connectivity index (χ0n) is 14.9. The Morgan fingerprint density at radius 1 is 1.25 bits per heavy atom. The highest BCUT2D eigenvalue weighted by Crippen LogP contribution is 2.16. The minimum Gasteiger partial charge on any atom is -0.392 e. The summed E-state index contributed by atoms with van der Waals surface area (Å²) in [6, 6.07) is 7.74. The van der Waals surface area contributed by atoms with E-state index in [1.165, 1.54) is 6.42 Å². The quantitative estimate of drug-likeness (QED) is 0.682. The minimum atomic E-state index is -0.0794. The largest absolute Gasteiger partial charge is 0.392 e. The first-order chi connectivity index (χ1) is 11.6. The predicted molar refractivity (Wildman–Crippen MR) is 96.9 cm³/mol. The Morgan fingerprint density at radius 3 is 2.62 bits per heavy atom. The SMILES string of the molecule is CC(C)CN1CCC(CNC(=O)NCCc2ccc(CO)cc2)C1. The average molecular weight is 333 g/mol. The van der Waals surface area contributed by atoms with Crippen LogP contribution in [0.3, 0.4) is 0 Å². The lowest BCUT2D eigenvalue weighted by atomic mass is 10.1. The van der Waals surface area contributed by atoms with Gasteiger partial charge in [-0.1, -0.05) is 38.1 Å². The molecule has 1 aliphatic rings. The molecule has 1 saturated heterocycles. The molecule has 1 fully saturated rings. The van der Waals surface area contributed by atoms with Crippen LogP contribution < -0.4 is 10.6 Å². The molecule has 5 heteroatoms. The van der Waals surface area contributed by atoms with Crippen molar-refractivity contribution in [1.29, 1.82) is 0 Å². The van der Waals surface area contributed by atoms with Crippen LogP contribution in [0.1, 0.15) is 31.4 Å². The van der Waals surface area contributed by atoms with Gasteiger partial charge in [0.25, 0.3) is 0 Å². The normalized spacial score (nSPS) is 18.1. The third kappa shape index (κ3) is 6.49. The number of urea groups is 1. The molecule has 0 bridgehead atoms. The highest BCUT2D eigenvalue weighted by Gasteiger charge is 2.22. The molecule has 1 aliphatic heterocycles. The van der Waals surface area contributed by atoms with Crippen molar-refractivity contribution in [2.75, 3.05) is 32.7 Å². The van der Waals surface area contributed by atoms with Gasteiger partial charge < -0.3 is 20.6 Å². The van der Waals surface area contributed by atoms with E-state index < -0.39 is 0 Å². The van der Waals surface area contributed by atoms with E-state index in [9.17, 15) is 4.79 Å². The van der Waals surface area contributed by atoms with E-state index in [-0.39, 0.29) is 12.6 Å². The Kier molecular flexibility index (Phi) is 7.53. The fourth-order valence-corrected chi connectivity index (χ4v) is 3.19. The maximum absolute atomic E-state index is 11.9. The van der Waals surface area contributed by atoms with Crippen molar-refractivity contribution in [1.82, 2.24) is 15.5 Å². The zero-order chi connectivity index (χ0) is 17.4. The summed E-state index contributed by atoms with van der Waals surface area (Å²) in [5.74, 6) is 1.27. The highest BCUT2D eigenvalue weighted by molar-refractivity contribution is 5.73. The second-order valence-corrected chi connectivity index (χ2v) is 7.17. The molecule has 1 unspecified atom stereocenters. The van der Waals surface area contributed by atoms with Crippen LogP contribution in [0.25, 0.3) is 0 Å². The lowest BCUT2D eigenvalue weighted by molar-refractivity contribution is 0.238.